The molecule has 7 heteroatoms. The van der Waals surface area contributed by atoms with Gasteiger partial charge in [-0.3, -0.25) is 9.88 Å². The fraction of sp³-hybridized carbons (Fsp3) is 0.174. The summed E-state index contributed by atoms with van der Waals surface area (Å²) < 4.78 is 0. The molecule has 0 radical (unpaired) electrons. The molecule has 0 N–H and O–H groups in total. The number of rotatable bonds is 4. The van der Waals surface area contributed by atoms with E-state index < -0.39 is 0 Å². The first-order valence-electron chi connectivity index (χ1n) is 9.79. The van der Waals surface area contributed by atoms with Crippen molar-refractivity contribution in [1.29, 1.82) is 0 Å². The minimum absolute atomic E-state index is 0.681. The normalized spacial score (nSPS) is 13.8. The lowest BCUT2D eigenvalue weighted by Crippen LogP contribution is -2.31. The Balaban J connectivity index is 1.31. The van der Waals surface area contributed by atoms with E-state index in [0.29, 0.717) is 5.82 Å². The number of hydrogen-bond acceptors (Lipinski definition) is 6. The van der Waals surface area contributed by atoms with Crippen LogP contribution in [0.25, 0.3) is 22.6 Å². The third-order valence-electron chi connectivity index (χ3n) is 5.16. The second-order valence-electron chi connectivity index (χ2n) is 7.27. The summed E-state index contributed by atoms with van der Waals surface area (Å²) in [5.41, 5.74) is 6.17. The average molecular weight is 415 g/mol. The topological polar surface area (TPSA) is 67.7 Å². The molecule has 0 aliphatic carbocycles. The summed E-state index contributed by atoms with van der Waals surface area (Å²) in [6, 6.07) is 13.9. The van der Waals surface area contributed by atoms with Crippen LogP contribution in [0.15, 0.2) is 67.4 Å². The molecule has 0 amide bonds. The molecular formula is C23H19ClN6. The van der Waals surface area contributed by atoms with Gasteiger partial charge in [0.25, 0.3) is 0 Å². The summed E-state index contributed by atoms with van der Waals surface area (Å²) >= 11 is 6.00. The van der Waals surface area contributed by atoms with Gasteiger partial charge in [-0.15, -0.1) is 0 Å². The van der Waals surface area contributed by atoms with Gasteiger partial charge in [-0.05, 0) is 24.3 Å². The van der Waals surface area contributed by atoms with Crippen LogP contribution >= 0.6 is 11.6 Å². The van der Waals surface area contributed by atoms with Crippen LogP contribution in [0, 0.1) is 0 Å². The van der Waals surface area contributed by atoms with E-state index in [1.165, 1.54) is 6.33 Å². The summed E-state index contributed by atoms with van der Waals surface area (Å²) in [6.45, 7) is 2.53. The highest BCUT2D eigenvalue weighted by Gasteiger charge is 2.19. The largest absolute Gasteiger partial charge is 0.293 e. The number of benzene rings is 1. The zero-order valence-corrected chi connectivity index (χ0v) is 17.0. The van der Waals surface area contributed by atoms with Crippen LogP contribution in [0.5, 0.6) is 0 Å². The highest BCUT2D eigenvalue weighted by molar-refractivity contribution is 6.30. The van der Waals surface area contributed by atoms with E-state index in [2.05, 4.69) is 32.0 Å². The lowest BCUT2D eigenvalue weighted by atomic mass is 10.1. The highest BCUT2D eigenvalue weighted by Crippen LogP contribution is 2.23. The van der Waals surface area contributed by atoms with E-state index in [1.54, 1.807) is 12.4 Å². The maximum atomic E-state index is 6.00. The van der Waals surface area contributed by atoms with Gasteiger partial charge in [-0.25, -0.2) is 19.9 Å². The molecule has 1 aliphatic heterocycles. The Morgan fingerprint density at radius 1 is 0.900 bits per heavy atom. The van der Waals surface area contributed by atoms with Crippen molar-refractivity contribution < 1.29 is 0 Å². The van der Waals surface area contributed by atoms with Crippen molar-refractivity contribution in [3.8, 4) is 22.6 Å². The molecule has 4 heterocycles. The third-order valence-corrected chi connectivity index (χ3v) is 5.42. The summed E-state index contributed by atoms with van der Waals surface area (Å²) in [4.78, 5) is 24.6. The van der Waals surface area contributed by atoms with Crippen LogP contribution in [-0.2, 0) is 19.5 Å². The molecule has 1 aromatic carbocycles. The van der Waals surface area contributed by atoms with Crippen LogP contribution in [0.3, 0.4) is 0 Å². The molecule has 0 atom stereocenters. The van der Waals surface area contributed by atoms with Gasteiger partial charge in [-0.1, -0.05) is 29.8 Å². The van der Waals surface area contributed by atoms with E-state index in [-0.39, 0.29) is 0 Å². The third kappa shape index (κ3) is 4.06. The predicted octanol–water partition coefficient (Wildman–Crippen LogP) is 4.21. The van der Waals surface area contributed by atoms with Crippen molar-refractivity contribution in [1.82, 2.24) is 29.8 Å². The fourth-order valence-corrected chi connectivity index (χ4v) is 3.77. The van der Waals surface area contributed by atoms with Gasteiger partial charge >= 0.3 is 0 Å². The Kier molecular flexibility index (Phi) is 5.17. The second kappa shape index (κ2) is 8.26. The van der Waals surface area contributed by atoms with Crippen LogP contribution in [0.1, 0.15) is 17.0 Å². The van der Waals surface area contributed by atoms with E-state index in [4.69, 9.17) is 21.6 Å². The van der Waals surface area contributed by atoms with Crippen molar-refractivity contribution in [3.63, 3.8) is 0 Å². The van der Waals surface area contributed by atoms with Gasteiger partial charge in [0.1, 0.15) is 6.33 Å². The van der Waals surface area contributed by atoms with Crippen LogP contribution < -0.4 is 0 Å². The SMILES string of the molecule is Clc1ccc(-c2cccc(CN3CCc4nc(-c5cncnc5)ncc4C3)n2)cc1. The number of fused-ring (bicyclic) bond motifs is 1. The monoisotopic (exact) mass is 414 g/mol. The zero-order valence-electron chi connectivity index (χ0n) is 16.2. The van der Waals surface area contributed by atoms with Crippen molar-refractivity contribution in [2.24, 2.45) is 0 Å². The van der Waals surface area contributed by atoms with Crippen LogP contribution in [-0.4, -0.2) is 36.4 Å². The van der Waals surface area contributed by atoms with E-state index in [1.807, 2.05) is 36.5 Å². The quantitative estimate of drug-likeness (QED) is 0.498. The molecule has 5 rings (SSSR count). The molecule has 4 aromatic rings. The molecule has 0 unspecified atom stereocenters. The standard InChI is InChI=1S/C23H19ClN6/c24-19-6-4-16(5-7-19)21-3-1-2-20(28-21)14-30-9-8-22-18(13-30)12-27-23(29-22)17-10-25-15-26-11-17/h1-7,10-12,15H,8-9,13-14H2. The molecule has 3 aromatic heterocycles. The maximum Gasteiger partial charge on any atom is 0.162 e. The predicted molar refractivity (Wildman–Crippen MR) is 116 cm³/mol. The zero-order chi connectivity index (χ0) is 20.3. The molecule has 30 heavy (non-hydrogen) atoms. The first kappa shape index (κ1) is 18.8. The molecule has 1 aliphatic rings. The Hall–Kier alpha value is -3.22. The molecular weight excluding hydrogens is 396 g/mol. The molecule has 6 nitrogen and oxygen atoms in total. The molecule has 0 spiro atoms. The van der Waals surface area contributed by atoms with Crippen molar-refractivity contribution >= 4 is 11.6 Å². The van der Waals surface area contributed by atoms with Gasteiger partial charge in [0.2, 0.25) is 0 Å². The van der Waals surface area contributed by atoms with Gasteiger partial charge < -0.3 is 0 Å². The lowest BCUT2D eigenvalue weighted by Gasteiger charge is -2.27. The maximum absolute atomic E-state index is 6.00. The van der Waals surface area contributed by atoms with Gasteiger partial charge in [0.05, 0.1) is 22.6 Å². The van der Waals surface area contributed by atoms with Crippen molar-refractivity contribution in [2.45, 2.75) is 19.5 Å². The molecule has 0 saturated carbocycles. The minimum atomic E-state index is 0.681. The molecule has 0 fully saturated rings. The Bertz CT molecular complexity index is 1160. The summed E-state index contributed by atoms with van der Waals surface area (Å²) in [5.74, 6) is 0.681. The lowest BCUT2D eigenvalue weighted by molar-refractivity contribution is 0.240. The minimum Gasteiger partial charge on any atom is -0.293 e. The van der Waals surface area contributed by atoms with Crippen LogP contribution in [0.2, 0.25) is 5.02 Å². The van der Waals surface area contributed by atoms with Gasteiger partial charge in [-0.2, -0.15) is 0 Å². The van der Waals surface area contributed by atoms with E-state index in [9.17, 15) is 0 Å². The average Bonchev–Trinajstić information content (AvgIpc) is 2.80. The number of aromatic nitrogens is 5. The first-order chi connectivity index (χ1) is 14.7. The van der Waals surface area contributed by atoms with E-state index in [0.717, 1.165) is 64.8 Å². The number of halogens is 1. The van der Waals surface area contributed by atoms with Crippen molar-refractivity contribution in [3.05, 3.63) is 89.4 Å². The fourth-order valence-electron chi connectivity index (χ4n) is 3.64. The van der Waals surface area contributed by atoms with Gasteiger partial charge in [0.15, 0.2) is 5.82 Å². The van der Waals surface area contributed by atoms with Crippen LogP contribution in [0.4, 0.5) is 0 Å². The van der Waals surface area contributed by atoms with Crippen molar-refractivity contribution in [2.75, 3.05) is 6.54 Å². The number of pyridine rings is 1. The smallest absolute Gasteiger partial charge is 0.162 e. The molecule has 148 valence electrons. The molecule has 0 bridgehead atoms. The van der Waals surface area contributed by atoms with Gasteiger partial charge in [0, 0.05) is 60.8 Å². The highest BCUT2D eigenvalue weighted by atomic mass is 35.5. The summed E-state index contributed by atoms with van der Waals surface area (Å²) in [5, 5.41) is 0.729. The first-order valence-corrected chi connectivity index (χ1v) is 10.2. The second-order valence-corrected chi connectivity index (χ2v) is 7.71. The van der Waals surface area contributed by atoms with E-state index >= 15 is 0 Å². The Morgan fingerprint density at radius 3 is 2.57 bits per heavy atom. The Labute approximate surface area is 179 Å². The molecule has 0 saturated heterocycles. The summed E-state index contributed by atoms with van der Waals surface area (Å²) in [7, 11) is 0. The number of nitrogens with zero attached hydrogens (tertiary/aromatic N) is 6. The number of hydrogen-bond donors (Lipinski definition) is 0. The Morgan fingerprint density at radius 2 is 1.73 bits per heavy atom. The summed E-state index contributed by atoms with van der Waals surface area (Å²) in [6.07, 6.45) is 7.80.